The van der Waals surface area contributed by atoms with Crippen molar-refractivity contribution in [3.63, 3.8) is 0 Å². The van der Waals surface area contributed by atoms with Gasteiger partial charge in [-0.15, -0.1) is 0 Å². The Morgan fingerprint density at radius 3 is 1.93 bits per heavy atom. The zero-order valence-corrected chi connectivity index (χ0v) is 52.4. The van der Waals surface area contributed by atoms with Crippen LogP contribution in [0.5, 0.6) is 0 Å². The lowest BCUT2D eigenvalue weighted by molar-refractivity contribution is -0.383. The molecule has 8 aliphatic rings. The monoisotopic (exact) mass is 1250 g/mol. The van der Waals surface area contributed by atoms with Crippen LogP contribution in [0, 0.1) is 56.2 Å². The van der Waals surface area contributed by atoms with Crippen molar-refractivity contribution >= 4 is 24.0 Å². The summed E-state index contributed by atoms with van der Waals surface area (Å²) in [5.74, 6) is -3.80. The number of hydrogen-bond donors (Lipinski definition) is 11. The molecule has 23 nitrogen and oxygen atoms in total. The van der Waals surface area contributed by atoms with Crippen LogP contribution < -0.4 is 0 Å². The molecular formula is C65H98O23. The van der Waals surface area contributed by atoms with Crippen LogP contribution in [0.2, 0.25) is 0 Å². The van der Waals surface area contributed by atoms with E-state index in [1.54, 1.807) is 13.0 Å². The summed E-state index contributed by atoms with van der Waals surface area (Å²) in [4.78, 5) is 42.1. The number of allylic oxidation sites excluding steroid dienone is 1. The zero-order chi connectivity index (χ0) is 64.4. The highest BCUT2D eigenvalue weighted by Crippen LogP contribution is 2.76. The molecule has 88 heavy (non-hydrogen) atoms. The number of carbonyl (C=O) groups excluding carboxylic acids is 3. The Balaban J connectivity index is 1.04. The Labute approximate surface area is 515 Å². The Kier molecular flexibility index (Phi) is 20.7. The van der Waals surface area contributed by atoms with Gasteiger partial charge in [0.2, 0.25) is 0 Å². The van der Waals surface area contributed by atoms with E-state index in [0.717, 1.165) is 11.1 Å². The van der Waals surface area contributed by atoms with Gasteiger partial charge in [-0.2, -0.15) is 0 Å². The quantitative estimate of drug-likeness (QED) is 0.0236. The standard InChI is InChI=1S/C65H98O23/c1-11-13-27-80-56(79)50-48(85-57-45(73)43(71)37(30-67)82-57)47(75)49(86-58-46(74)44(72)42(70)36(29-66)81-58)59(87-50)83-40-24-25-62(8)38(61(40,6)7)23-26-63(9)39(62)21-20-34-35-28-60(4,5)53(84-41(69)22-19-33-17-15-14-16-18-33)54(88-55(78)32(3)12-2)65(35,31-68)52(77)51(76)64(34,63)10/h14-20,22,32,35-40,42-54,57-59,66-68,70-77H,11-13,21,23-31H2,1-10H3/b22-19+/t32?,35-,36+,37-,38-,39+,40-,42+,43-,44-,45+,46+,47-,48-,49+,50-,51-,52+,53-,54-,57-,58-,59+,62-,63+,64-,65-/m0/s1. The van der Waals surface area contributed by atoms with E-state index < -0.39 is 199 Å². The molecule has 27 atom stereocenters. The number of ether oxygens (including phenoxy) is 9. The van der Waals surface area contributed by atoms with Gasteiger partial charge in [0.1, 0.15) is 67.1 Å². The van der Waals surface area contributed by atoms with Crippen LogP contribution in [0.15, 0.2) is 48.1 Å². The summed E-state index contributed by atoms with van der Waals surface area (Å²) in [5.41, 5.74) is -4.12. The average molecular weight is 1250 g/mol. The molecule has 1 unspecified atom stereocenters. The van der Waals surface area contributed by atoms with Crippen molar-refractivity contribution in [1.29, 1.82) is 0 Å². The number of fused-ring (bicyclic) bond motifs is 7. The van der Waals surface area contributed by atoms with Crippen LogP contribution in [-0.2, 0) is 57.0 Å². The van der Waals surface area contributed by atoms with Gasteiger partial charge in [-0.3, -0.25) is 4.79 Å². The van der Waals surface area contributed by atoms with Crippen molar-refractivity contribution in [3.05, 3.63) is 53.6 Å². The molecule has 9 rings (SSSR count). The van der Waals surface area contributed by atoms with Crippen molar-refractivity contribution in [1.82, 2.24) is 0 Å². The number of aliphatic hydroxyl groups is 11. The summed E-state index contributed by atoms with van der Waals surface area (Å²) in [6.45, 7) is 17.6. The molecule has 3 aliphatic heterocycles. The van der Waals surface area contributed by atoms with E-state index >= 15 is 0 Å². The average Bonchev–Trinajstić information content (AvgIpc) is 0.806. The lowest BCUT2D eigenvalue weighted by Gasteiger charge is -2.73. The molecule has 11 N–H and O–H groups in total. The van der Waals surface area contributed by atoms with Gasteiger partial charge < -0.3 is 98.8 Å². The number of esters is 3. The minimum atomic E-state index is -1.99. The Hall–Kier alpha value is -3.57. The molecule has 0 radical (unpaired) electrons. The molecule has 0 aromatic heterocycles. The van der Waals surface area contributed by atoms with Crippen molar-refractivity contribution in [2.24, 2.45) is 56.2 Å². The van der Waals surface area contributed by atoms with E-state index in [4.69, 9.17) is 42.6 Å². The summed E-state index contributed by atoms with van der Waals surface area (Å²) in [5, 5.41) is 125. The lowest BCUT2D eigenvalue weighted by atomic mass is 9.32. The van der Waals surface area contributed by atoms with Crippen molar-refractivity contribution < 1.29 is 113 Å². The second-order valence-corrected chi connectivity index (χ2v) is 28.4. The highest BCUT2D eigenvalue weighted by atomic mass is 16.8. The minimum absolute atomic E-state index is 0.0509. The van der Waals surface area contributed by atoms with Gasteiger partial charge in [0.25, 0.3) is 0 Å². The number of carbonyl (C=O) groups is 3. The van der Waals surface area contributed by atoms with E-state index in [1.807, 2.05) is 65.0 Å². The molecule has 496 valence electrons. The van der Waals surface area contributed by atoms with Crippen LogP contribution in [-0.4, -0.2) is 217 Å². The molecular weight excluding hydrogens is 1150 g/mol. The third-order valence-corrected chi connectivity index (χ3v) is 22.8. The molecule has 3 heterocycles. The maximum atomic E-state index is 14.2. The summed E-state index contributed by atoms with van der Waals surface area (Å²) >= 11 is 0. The predicted octanol–water partition coefficient (Wildman–Crippen LogP) is 2.35. The summed E-state index contributed by atoms with van der Waals surface area (Å²) in [6.07, 6.45) is -21.5. The summed E-state index contributed by atoms with van der Waals surface area (Å²) in [6, 6.07) is 9.20. The topological polar surface area (TPSA) is 357 Å². The highest BCUT2D eigenvalue weighted by Gasteiger charge is 2.76. The fourth-order valence-corrected chi connectivity index (χ4v) is 17.3. The van der Waals surface area contributed by atoms with Crippen molar-refractivity contribution in [2.75, 3.05) is 26.4 Å². The number of aliphatic hydroxyl groups excluding tert-OH is 11. The molecule has 3 saturated heterocycles. The Morgan fingerprint density at radius 2 is 1.32 bits per heavy atom. The first-order valence-electron chi connectivity index (χ1n) is 31.7. The van der Waals surface area contributed by atoms with Gasteiger partial charge in [-0.25, -0.2) is 9.59 Å². The summed E-state index contributed by atoms with van der Waals surface area (Å²) in [7, 11) is 0. The zero-order valence-electron chi connectivity index (χ0n) is 52.4. The first kappa shape index (κ1) is 68.8. The molecule has 0 amide bonds. The van der Waals surface area contributed by atoms with Crippen LogP contribution in [0.25, 0.3) is 6.08 Å². The molecule has 23 heteroatoms. The molecule has 0 spiro atoms. The molecule has 0 bridgehead atoms. The molecule has 1 aromatic rings. The van der Waals surface area contributed by atoms with E-state index in [1.165, 1.54) is 6.08 Å². The molecule has 7 fully saturated rings. The van der Waals surface area contributed by atoms with E-state index in [2.05, 4.69) is 33.8 Å². The normalized spacial score (nSPS) is 45.6. The number of hydrogen-bond acceptors (Lipinski definition) is 23. The fourth-order valence-electron chi connectivity index (χ4n) is 17.3. The third kappa shape index (κ3) is 11.7. The number of unbranched alkanes of at least 4 members (excludes halogenated alkanes) is 1. The number of rotatable bonds is 19. The predicted molar refractivity (Wildman–Crippen MR) is 311 cm³/mol. The van der Waals surface area contributed by atoms with Gasteiger partial charge in [-0.1, -0.05) is 118 Å². The van der Waals surface area contributed by atoms with Crippen LogP contribution in [0.4, 0.5) is 0 Å². The van der Waals surface area contributed by atoms with E-state index in [0.29, 0.717) is 51.4 Å². The van der Waals surface area contributed by atoms with Gasteiger partial charge in [0.15, 0.2) is 31.1 Å². The van der Waals surface area contributed by atoms with Crippen molar-refractivity contribution in [3.8, 4) is 0 Å². The second kappa shape index (κ2) is 26.4. The van der Waals surface area contributed by atoms with Crippen LogP contribution >= 0.6 is 0 Å². The summed E-state index contributed by atoms with van der Waals surface area (Å²) < 4.78 is 55.7. The maximum Gasteiger partial charge on any atom is 0.338 e. The SMILES string of the molecule is CCCCOC(=O)[C@H]1O[C@@H](O[C@H]2CC[C@]3(C)[C@H]4CC=C5[C@@H]6CC(C)(C)[C@@H](OC(=O)/C=C/c7ccccc7)[C@H](OC(=O)C(C)CC)[C@]6(CO)[C@H](O)[C@H](O)[C@@]5(C)[C@]4(C)CC[C@H]3C2(C)C)[C@H](O[C@@H]2O[C@H](CO)[C@@H](O)[C@H](O)[C@H]2O)[C@@H](O)[C@@H]1O[C@@H]1O[C@@H](CO)[C@H](O)[C@H]1O. The minimum Gasteiger partial charge on any atom is -0.464 e. The van der Waals surface area contributed by atoms with E-state index in [-0.39, 0.29) is 24.9 Å². The lowest BCUT2D eigenvalue weighted by Crippen LogP contribution is -2.76. The number of benzene rings is 1. The fraction of sp³-hybridized carbons (Fsp3) is 0.800. The Bertz CT molecular complexity index is 2650. The highest BCUT2D eigenvalue weighted by molar-refractivity contribution is 5.87. The second-order valence-electron chi connectivity index (χ2n) is 28.4. The third-order valence-electron chi connectivity index (χ3n) is 22.8. The maximum absolute atomic E-state index is 14.2. The molecule has 4 saturated carbocycles. The Morgan fingerprint density at radius 1 is 0.693 bits per heavy atom. The van der Waals surface area contributed by atoms with Gasteiger partial charge in [-0.05, 0) is 97.0 Å². The van der Waals surface area contributed by atoms with Crippen LogP contribution in [0.3, 0.4) is 0 Å². The molecule has 5 aliphatic carbocycles. The van der Waals surface area contributed by atoms with Gasteiger partial charge >= 0.3 is 17.9 Å². The van der Waals surface area contributed by atoms with Crippen LogP contribution in [0.1, 0.15) is 133 Å². The first-order valence-corrected chi connectivity index (χ1v) is 31.7. The van der Waals surface area contributed by atoms with Gasteiger partial charge in [0, 0.05) is 16.9 Å². The first-order chi connectivity index (χ1) is 41.5. The van der Waals surface area contributed by atoms with Crippen molar-refractivity contribution in [2.45, 2.75) is 244 Å². The smallest absolute Gasteiger partial charge is 0.338 e. The van der Waals surface area contributed by atoms with E-state index in [9.17, 15) is 70.6 Å². The largest absolute Gasteiger partial charge is 0.464 e. The van der Waals surface area contributed by atoms with Gasteiger partial charge in [0.05, 0.1) is 56.1 Å². The molecule has 1 aromatic carbocycles.